The van der Waals surface area contributed by atoms with Gasteiger partial charge in [0, 0.05) is 31.7 Å². The molecular weight excluding hydrogens is 312 g/mol. The van der Waals surface area contributed by atoms with Crippen molar-refractivity contribution in [3.05, 3.63) is 29.8 Å². The minimum Gasteiger partial charge on any atom is -0.339 e. The van der Waals surface area contributed by atoms with E-state index < -0.39 is 10.0 Å². The summed E-state index contributed by atoms with van der Waals surface area (Å²) in [7, 11) is -3.47. The molecule has 6 heteroatoms. The average Bonchev–Trinajstić information content (AvgIpc) is 2.56. The van der Waals surface area contributed by atoms with Gasteiger partial charge in [-0.05, 0) is 43.0 Å². The summed E-state index contributed by atoms with van der Waals surface area (Å²) in [6, 6.07) is 6.31. The van der Waals surface area contributed by atoms with Crippen molar-refractivity contribution in [2.75, 3.05) is 26.2 Å². The van der Waals surface area contributed by atoms with E-state index in [9.17, 15) is 13.2 Å². The first-order valence-electron chi connectivity index (χ1n) is 8.29. The highest BCUT2D eigenvalue weighted by Gasteiger charge is 2.24. The van der Waals surface area contributed by atoms with Crippen LogP contribution in [0.2, 0.25) is 0 Å². The number of carbonyl (C=O) groups excluding carboxylic acids is 1. The number of rotatable bonds is 5. The Bertz CT molecular complexity index is 628. The zero-order chi connectivity index (χ0) is 17.0. The zero-order valence-corrected chi connectivity index (χ0v) is 15.0. The lowest BCUT2D eigenvalue weighted by atomic mass is 9.98. The van der Waals surface area contributed by atoms with Crippen molar-refractivity contribution in [2.45, 2.75) is 38.5 Å². The van der Waals surface area contributed by atoms with Crippen LogP contribution in [0.3, 0.4) is 0 Å². The van der Waals surface area contributed by atoms with E-state index in [-0.39, 0.29) is 10.8 Å². The maximum atomic E-state index is 12.5. The quantitative estimate of drug-likeness (QED) is 0.829. The van der Waals surface area contributed by atoms with Crippen LogP contribution in [0.1, 0.15) is 44.0 Å². The zero-order valence-electron chi connectivity index (χ0n) is 14.2. The van der Waals surface area contributed by atoms with Gasteiger partial charge in [-0.1, -0.05) is 20.8 Å². The smallest absolute Gasteiger partial charge is 0.253 e. The van der Waals surface area contributed by atoms with Gasteiger partial charge < -0.3 is 4.90 Å². The fourth-order valence-corrected chi connectivity index (χ4v) is 4.33. The molecular formula is C17H26N2O3S. The Kier molecular flexibility index (Phi) is 5.81. The van der Waals surface area contributed by atoms with Gasteiger partial charge in [0.2, 0.25) is 10.0 Å². The molecule has 128 valence electrons. The molecule has 1 heterocycles. The average molecular weight is 338 g/mol. The Morgan fingerprint density at radius 1 is 1.13 bits per heavy atom. The third-order valence-corrected chi connectivity index (χ3v) is 6.58. The third-order valence-electron chi connectivity index (χ3n) is 4.52. The van der Waals surface area contributed by atoms with Crippen molar-refractivity contribution in [3.63, 3.8) is 0 Å². The van der Waals surface area contributed by atoms with Gasteiger partial charge in [-0.3, -0.25) is 4.79 Å². The molecule has 2 rings (SSSR count). The van der Waals surface area contributed by atoms with E-state index in [4.69, 9.17) is 0 Å². The summed E-state index contributed by atoms with van der Waals surface area (Å²) in [5.74, 6) is 0.657. The van der Waals surface area contributed by atoms with Gasteiger partial charge in [0.15, 0.2) is 0 Å². The van der Waals surface area contributed by atoms with Crippen molar-refractivity contribution in [3.8, 4) is 0 Å². The lowest BCUT2D eigenvalue weighted by Gasteiger charge is -2.30. The van der Waals surface area contributed by atoms with Crippen LogP contribution >= 0.6 is 0 Å². The van der Waals surface area contributed by atoms with Crippen LogP contribution in [0, 0.1) is 5.92 Å². The van der Waals surface area contributed by atoms with Gasteiger partial charge in [-0.15, -0.1) is 0 Å². The predicted octanol–water partition coefficient (Wildman–Crippen LogP) is 2.59. The number of hydrogen-bond donors (Lipinski definition) is 0. The molecule has 1 aromatic carbocycles. The summed E-state index contributed by atoms with van der Waals surface area (Å²) >= 11 is 0. The van der Waals surface area contributed by atoms with Crippen LogP contribution in [-0.2, 0) is 10.0 Å². The molecule has 1 aliphatic heterocycles. The van der Waals surface area contributed by atoms with Gasteiger partial charge in [0.05, 0.1) is 4.90 Å². The lowest BCUT2D eigenvalue weighted by molar-refractivity contribution is 0.0697. The summed E-state index contributed by atoms with van der Waals surface area (Å²) in [6.07, 6.45) is 2.06. The molecule has 0 radical (unpaired) electrons. The number of sulfonamides is 1. The molecule has 1 aromatic rings. The molecule has 1 saturated heterocycles. The summed E-state index contributed by atoms with van der Waals surface area (Å²) in [5, 5.41) is 0. The van der Waals surface area contributed by atoms with Crippen LogP contribution < -0.4 is 0 Å². The minimum absolute atomic E-state index is 0.0105. The maximum Gasteiger partial charge on any atom is 0.253 e. The van der Waals surface area contributed by atoms with Crippen LogP contribution in [0.4, 0.5) is 0 Å². The van der Waals surface area contributed by atoms with E-state index in [2.05, 4.69) is 6.92 Å². The second-order valence-electron chi connectivity index (χ2n) is 6.09. The molecule has 5 nitrogen and oxygen atoms in total. The summed E-state index contributed by atoms with van der Waals surface area (Å²) in [6.45, 7) is 8.26. The van der Waals surface area contributed by atoms with E-state index in [1.807, 2.05) is 18.7 Å². The highest BCUT2D eigenvalue weighted by molar-refractivity contribution is 7.89. The normalized spacial score (nSPS) is 16.8. The van der Waals surface area contributed by atoms with Gasteiger partial charge in [-0.25, -0.2) is 8.42 Å². The number of amides is 1. The standard InChI is InChI=1S/C17H26N2O3S/c1-4-19(5-2)23(21,22)16-8-6-15(7-9-16)17(20)18-12-10-14(3)11-13-18/h6-9,14H,4-5,10-13H2,1-3H3. The Morgan fingerprint density at radius 3 is 2.13 bits per heavy atom. The van der Waals surface area contributed by atoms with Crippen molar-refractivity contribution >= 4 is 15.9 Å². The third kappa shape index (κ3) is 3.93. The number of carbonyl (C=O) groups is 1. The van der Waals surface area contributed by atoms with E-state index in [0.29, 0.717) is 24.6 Å². The van der Waals surface area contributed by atoms with Crippen LogP contribution in [0.15, 0.2) is 29.2 Å². The second-order valence-corrected chi connectivity index (χ2v) is 8.03. The van der Waals surface area contributed by atoms with Crippen molar-refractivity contribution in [1.82, 2.24) is 9.21 Å². The summed E-state index contributed by atoms with van der Waals surface area (Å²) in [5.41, 5.74) is 0.554. The molecule has 0 saturated carbocycles. The molecule has 0 aromatic heterocycles. The molecule has 0 unspecified atom stereocenters. The molecule has 0 atom stereocenters. The first-order chi connectivity index (χ1) is 10.9. The van der Waals surface area contributed by atoms with Crippen molar-refractivity contribution in [2.24, 2.45) is 5.92 Å². The SMILES string of the molecule is CCN(CC)S(=O)(=O)c1ccc(C(=O)N2CCC(C)CC2)cc1. The molecule has 1 amide bonds. The van der Waals surface area contributed by atoms with E-state index in [1.54, 1.807) is 12.1 Å². The second kappa shape index (κ2) is 7.45. The van der Waals surface area contributed by atoms with E-state index in [1.165, 1.54) is 16.4 Å². The number of hydrogen-bond acceptors (Lipinski definition) is 3. The highest BCUT2D eigenvalue weighted by atomic mass is 32.2. The number of piperidine rings is 1. The van der Waals surface area contributed by atoms with Crippen molar-refractivity contribution < 1.29 is 13.2 Å². The Labute approximate surface area is 139 Å². The van der Waals surface area contributed by atoms with Gasteiger partial charge in [0.25, 0.3) is 5.91 Å². The van der Waals surface area contributed by atoms with Crippen LogP contribution in [0.5, 0.6) is 0 Å². The Hall–Kier alpha value is -1.40. The van der Waals surface area contributed by atoms with Gasteiger partial charge in [0.1, 0.15) is 0 Å². The summed E-state index contributed by atoms with van der Waals surface area (Å²) < 4.78 is 26.3. The van der Waals surface area contributed by atoms with E-state index >= 15 is 0 Å². The fraction of sp³-hybridized carbons (Fsp3) is 0.588. The first-order valence-corrected chi connectivity index (χ1v) is 9.73. The Morgan fingerprint density at radius 2 is 1.65 bits per heavy atom. The number of benzene rings is 1. The maximum absolute atomic E-state index is 12.5. The van der Waals surface area contributed by atoms with E-state index in [0.717, 1.165) is 25.9 Å². The van der Waals surface area contributed by atoms with Gasteiger partial charge >= 0.3 is 0 Å². The van der Waals surface area contributed by atoms with Crippen LogP contribution in [0.25, 0.3) is 0 Å². The van der Waals surface area contributed by atoms with Gasteiger partial charge in [-0.2, -0.15) is 4.31 Å². The molecule has 0 N–H and O–H groups in total. The van der Waals surface area contributed by atoms with Crippen molar-refractivity contribution in [1.29, 1.82) is 0 Å². The Balaban J connectivity index is 2.15. The minimum atomic E-state index is -3.47. The summed E-state index contributed by atoms with van der Waals surface area (Å²) in [4.78, 5) is 14.6. The molecule has 0 aliphatic carbocycles. The fourth-order valence-electron chi connectivity index (χ4n) is 2.88. The molecule has 0 spiro atoms. The lowest BCUT2D eigenvalue weighted by Crippen LogP contribution is -2.37. The number of likely N-dealkylation sites (tertiary alicyclic amines) is 1. The number of nitrogens with zero attached hydrogens (tertiary/aromatic N) is 2. The predicted molar refractivity (Wildman–Crippen MR) is 90.9 cm³/mol. The topological polar surface area (TPSA) is 57.7 Å². The molecule has 1 aliphatic rings. The molecule has 23 heavy (non-hydrogen) atoms. The largest absolute Gasteiger partial charge is 0.339 e. The van der Waals surface area contributed by atoms with Crippen LogP contribution in [-0.4, -0.2) is 49.7 Å². The highest BCUT2D eigenvalue weighted by Crippen LogP contribution is 2.20. The first kappa shape index (κ1) is 17.9. The molecule has 1 fully saturated rings. The molecule has 0 bridgehead atoms. The monoisotopic (exact) mass is 338 g/mol.